The van der Waals surface area contributed by atoms with Crippen molar-refractivity contribution in [2.75, 3.05) is 7.11 Å². The Labute approximate surface area is 204 Å². The number of nitrogens with zero attached hydrogens (tertiary/aromatic N) is 1. The molecule has 0 aliphatic carbocycles. The van der Waals surface area contributed by atoms with Crippen LogP contribution in [0, 0.1) is 28.7 Å². The molecule has 8 heteroatoms. The number of rotatable bonds is 8. The van der Waals surface area contributed by atoms with E-state index >= 15 is 0 Å². The van der Waals surface area contributed by atoms with Gasteiger partial charge in [-0.2, -0.15) is 0 Å². The summed E-state index contributed by atoms with van der Waals surface area (Å²) >= 11 is 0. The predicted molar refractivity (Wildman–Crippen MR) is 132 cm³/mol. The zero-order valence-electron chi connectivity index (χ0n) is 19.0. The average Bonchev–Trinajstić information content (AvgIpc) is 2.85. The fraction of sp³-hybridized carbons (Fsp3) is 0.111. The van der Waals surface area contributed by atoms with E-state index in [1.54, 1.807) is 43.3 Å². The second kappa shape index (κ2) is 10.6. The third-order valence-corrected chi connectivity index (χ3v) is 6.55. The van der Waals surface area contributed by atoms with Gasteiger partial charge in [0, 0.05) is 0 Å². The number of ether oxygens (including phenoxy) is 1. The average molecular weight is 490 g/mol. The van der Waals surface area contributed by atoms with Gasteiger partial charge in [0.2, 0.25) is 0 Å². The predicted octanol–water partition coefficient (Wildman–Crippen LogP) is 5.99. The monoisotopic (exact) mass is 489 g/mol. The fourth-order valence-corrected chi connectivity index (χ4v) is 4.88. The highest BCUT2D eigenvalue weighted by Crippen LogP contribution is 2.33. The summed E-state index contributed by atoms with van der Waals surface area (Å²) < 4.78 is 38.3. The Hall–Kier alpha value is -3.88. The fourth-order valence-electron chi connectivity index (χ4n) is 3.96. The van der Waals surface area contributed by atoms with E-state index in [1.165, 1.54) is 31.4 Å². The van der Waals surface area contributed by atoms with Crippen LogP contribution in [0.4, 0.5) is 14.5 Å². The van der Waals surface area contributed by atoms with Gasteiger partial charge in [0.15, 0.2) is 0 Å². The lowest BCUT2D eigenvalue weighted by Gasteiger charge is -2.16. The first-order valence-electron chi connectivity index (χ1n) is 10.7. The van der Waals surface area contributed by atoms with Gasteiger partial charge in [-0.25, -0.2) is 8.78 Å². The molecule has 0 unspecified atom stereocenters. The molecule has 0 heterocycles. The highest BCUT2D eigenvalue weighted by molar-refractivity contribution is 6.50. The Morgan fingerprint density at radius 1 is 0.886 bits per heavy atom. The van der Waals surface area contributed by atoms with Gasteiger partial charge in [-0.05, 0) is 70.8 Å². The van der Waals surface area contributed by atoms with Crippen LogP contribution in [0.2, 0.25) is 0 Å². The Balaban J connectivity index is 1.69. The van der Waals surface area contributed by atoms with Crippen molar-refractivity contribution in [3.63, 3.8) is 0 Å². The number of hydrogen-bond acceptors (Lipinski definition) is 4. The van der Waals surface area contributed by atoms with Crippen LogP contribution in [0.15, 0.2) is 78.9 Å². The van der Waals surface area contributed by atoms with Crippen LogP contribution in [-0.4, -0.2) is 21.8 Å². The smallest absolute Gasteiger partial charge is 0.281 e. The Morgan fingerprint density at radius 2 is 1.51 bits per heavy atom. The molecule has 0 bridgehead atoms. The minimum Gasteiger partial charge on any atom is -0.496 e. The van der Waals surface area contributed by atoms with Crippen LogP contribution >= 0.6 is 0 Å². The van der Waals surface area contributed by atoms with E-state index in [4.69, 9.17) is 9.16 Å². The molecule has 0 N–H and O–H groups in total. The van der Waals surface area contributed by atoms with Gasteiger partial charge in [-0.1, -0.05) is 42.5 Å². The Kier molecular flexibility index (Phi) is 7.33. The van der Waals surface area contributed by atoms with Crippen LogP contribution in [0.3, 0.4) is 0 Å². The molecule has 4 aromatic carbocycles. The summed E-state index contributed by atoms with van der Waals surface area (Å²) in [4.78, 5) is 11.2. The van der Waals surface area contributed by atoms with Crippen molar-refractivity contribution in [2.45, 2.75) is 13.5 Å². The van der Waals surface area contributed by atoms with Crippen molar-refractivity contribution >= 4 is 20.6 Å². The maximum atomic E-state index is 13.6. The zero-order chi connectivity index (χ0) is 24.9. The largest absolute Gasteiger partial charge is 0.496 e. The molecule has 0 saturated carbocycles. The lowest BCUT2D eigenvalue weighted by molar-refractivity contribution is -0.386. The number of hydrogen-bond donors (Lipinski definition) is 0. The second-order valence-corrected chi connectivity index (χ2v) is 8.82. The van der Waals surface area contributed by atoms with Crippen molar-refractivity contribution in [2.24, 2.45) is 0 Å². The first-order valence-corrected chi connectivity index (χ1v) is 11.6. The third kappa shape index (κ3) is 5.29. The minimum atomic E-state index is -0.432. The van der Waals surface area contributed by atoms with Gasteiger partial charge in [0.1, 0.15) is 17.4 Å². The Morgan fingerprint density at radius 3 is 2.11 bits per heavy atom. The number of benzene rings is 4. The molecule has 0 aliphatic rings. The van der Waals surface area contributed by atoms with Crippen molar-refractivity contribution in [3.8, 4) is 28.0 Å². The molecule has 176 valence electrons. The van der Waals surface area contributed by atoms with Crippen LogP contribution in [0.1, 0.15) is 11.1 Å². The molecule has 0 amide bonds. The molecule has 0 spiro atoms. The normalized spacial score (nSPS) is 10.9. The summed E-state index contributed by atoms with van der Waals surface area (Å²) in [6.45, 7) is 1.67. The minimum absolute atomic E-state index is 0.0310. The number of halogens is 2. The lowest BCUT2D eigenvalue weighted by atomic mass is 9.94. The lowest BCUT2D eigenvalue weighted by Crippen LogP contribution is -2.21. The van der Waals surface area contributed by atoms with E-state index in [0.29, 0.717) is 16.9 Å². The topological polar surface area (TPSA) is 61.6 Å². The number of methoxy groups -OCH3 is 1. The maximum Gasteiger partial charge on any atom is 0.281 e. The van der Waals surface area contributed by atoms with Crippen LogP contribution < -0.4 is 9.92 Å². The summed E-state index contributed by atoms with van der Waals surface area (Å²) in [6, 6.07) is 21.3. The summed E-state index contributed by atoms with van der Waals surface area (Å²) in [7, 11) is 1.32. The van der Waals surface area contributed by atoms with E-state index in [-0.39, 0.29) is 33.7 Å². The molecule has 4 rings (SSSR count). The Bertz CT molecular complexity index is 1360. The number of nitro benzene ring substituents is 1. The van der Waals surface area contributed by atoms with Gasteiger partial charge < -0.3 is 9.16 Å². The van der Waals surface area contributed by atoms with E-state index in [1.807, 2.05) is 18.2 Å². The van der Waals surface area contributed by atoms with Crippen molar-refractivity contribution in [3.05, 3.63) is 112 Å². The van der Waals surface area contributed by atoms with E-state index < -0.39 is 4.92 Å². The van der Waals surface area contributed by atoms with Gasteiger partial charge in [-0.15, -0.1) is 0 Å². The molecule has 0 aliphatic heterocycles. The molecule has 0 aromatic heterocycles. The van der Waals surface area contributed by atoms with Crippen LogP contribution in [0.5, 0.6) is 5.75 Å². The van der Waals surface area contributed by atoms with E-state index in [2.05, 4.69) is 0 Å². The summed E-state index contributed by atoms with van der Waals surface area (Å²) in [5, 5.41) is 12.5. The molecule has 2 radical (unpaired) electrons. The molecule has 0 saturated heterocycles. The standard InChI is InChI=1S/C27H21F2NO4Si/c1-17-24(33-2)15-10-20(27(17)30(31)32)16-34-35-25-5-3-4-23(18-6-11-21(28)12-7-18)26(25)19-8-13-22(29)14-9-19/h3-15H,16H2,1-2H3. The SMILES string of the molecule is COc1ccc(CO[Si]c2cccc(-c3ccc(F)cc3)c2-c2ccc(F)cc2)c([N+](=O)[O-])c1C. The van der Waals surface area contributed by atoms with Crippen molar-refractivity contribution < 1.29 is 22.9 Å². The molecule has 0 fully saturated rings. The maximum absolute atomic E-state index is 13.6. The van der Waals surface area contributed by atoms with Gasteiger partial charge in [-0.3, -0.25) is 10.1 Å². The van der Waals surface area contributed by atoms with Gasteiger partial charge >= 0.3 is 0 Å². The number of nitro groups is 1. The third-order valence-electron chi connectivity index (χ3n) is 5.63. The molecule has 35 heavy (non-hydrogen) atoms. The van der Waals surface area contributed by atoms with Crippen LogP contribution in [-0.2, 0) is 11.0 Å². The first kappa shape index (κ1) is 24.2. The van der Waals surface area contributed by atoms with Crippen molar-refractivity contribution in [1.82, 2.24) is 0 Å². The van der Waals surface area contributed by atoms with E-state index in [0.717, 1.165) is 27.4 Å². The van der Waals surface area contributed by atoms with E-state index in [9.17, 15) is 18.9 Å². The molecule has 4 aromatic rings. The van der Waals surface area contributed by atoms with Gasteiger partial charge in [0.25, 0.3) is 15.5 Å². The highest BCUT2D eigenvalue weighted by Gasteiger charge is 2.21. The molecule has 0 atom stereocenters. The summed E-state index contributed by atoms with van der Waals surface area (Å²) in [5.41, 5.74) is 4.11. The molecular weight excluding hydrogens is 468 g/mol. The summed E-state index contributed by atoms with van der Waals surface area (Å²) in [5.74, 6) is -0.251. The first-order chi connectivity index (χ1) is 16.9. The second-order valence-electron chi connectivity index (χ2n) is 7.79. The van der Waals surface area contributed by atoms with Crippen molar-refractivity contribution in [1.29, 1.82) is 0 Å². The summed E-state index contributed by atoms with van der Waals surface area (Å²) in [6.07, 6.45) is 0. The van der Waals surface area contributed by atoms with Crippen LogP contribution in [0.25, 0.3) is 22.3 Å². The highest BCUT2D eigenvalue weighted by atomic mass is 28.2. The molecule has 5 nitrogen and oxygen atoms in total. The zero-order valence-corrected chi connectivity index (χ0v) is 20.0. The molecular formula is C27H21F2NO4Si. The quantitative estimate of drug-likeness (QED) is 0.173. The van der Waals surface area contributed by atoms with Gasteiger partial charge in [0.05, 0.1) is 29.8 Å².